The number of hydrogen-bond donors (Lipinski definition) is 3. The molecule has 3 fully saturated rings. The van der Waals surface area contributed by atoms with Crippen LogP contribution < -0.4 is 16.0 Å². The predicted octanol–water partition coefficient (Wildman–Crippen LogP) is 3.37. The monoisotopic (exact) mass is 468 g/mol. The molecule has 1 saturated carbocycles. The van der Waals surface area contributed by atoms with Gasteiger partial charge in [-0.25, -0.2) is 0 Å². The summed E-state index contributed by atoms with van der Waals surface area (Å²) < 4.78 is 0. The molecular formula is C26H36N4O2S. The largest absolute Gasteiger partial charge is 0.353 e. The lowest BCUT2D eigenvalue weighted by Crippen LogP contribution is -2.69. The van der Waals surface area contributed by atoms with Crippen molar-refractivity contribution in [2.24, 2.45) is 5.92 Å². The third-order valence-corrected chi connectivity index (χ3v) is 8.87. The Labute approximate surface area is 201 Å². The van der Waals surface area contributed by atoms with Gasteiger partial charge in [-0.1, -0.05) is 49.9 Å². The first-order valence-corrected chi connectivity index (χ1v) is 13.6. The molecule has 33 heavy (non-hydrogen) atoms. The summed E-state index contributed by atoms with van der Waals surface area (Å²) in [7, 11) is 0. The molecule has 1 aliphatic carbocycles. The Bertz CT molecular complexity index is 911. The number of carbonyl (C=O) groups excluding carboxylic acids is 2. The van der Waals surface area contributed by atoms with Crippen LogP contribution in [0.4, 0.5) is 0 Å². The first-order chi connectivity index (χ1) is 16.1. The third-order valence-electron chi connectivity index (χ3n) is 7.70. The van der Waals surface area contributed by atoms with E-state index in [2.05, 4.69) is 57.4 Å². The van der Waals surface area contributed by atoms with Crippen molar-refractivity contribution >= 4 is 29.1 Å². The maximum Gasteiger partial charge on any atom is 0.237 e. The van der Waals surface area contributed by atoms with E-state index in [0.29, 0.717) is 12.6 Å². The van der Waals surface area contributed by atoms with Gasteiger partial charge in [0.2, 0.25) is 11.8 Å². The van der Waals surface area contributed by atoms with Crippen LogP contribution in [0.25, 0.3) is 5.57 Å². The average Bonchev–Trinajstić information content (AvgIpc) is 3.09. The number of nitrogens with one attached hydrogen (secondary N) is 3. The van der Waals surface area contributed by atoms with E-state index in [1.54, 1.807) is 11.8 Å². The topological polar surface area (TPSA) is 73.5 Å². The van der Waals surface area contributed by atoms with E-state index in [-0.39, 0.29) is 35.3 Å². The number of carbonyl (C=O) groups is 2. The molecule has 4 aliphatic rings. The molecule has 2 saturated heterocycles. The Kier molecular flexibility index (Phi) is 7.09. The summed E-state index contributed by atoms with van der Waals surface area (Å²) in [6, 6.07) is 8.69. The summed E-state index contributed by atoms with van der Waals surface area (Å²) in [6.07, 6.45) is 8.89. The molecule has 0 bridgehead atoms. The highest BCUT2D eigenvalue weighted by Crippen LogP contribution is 2.39. The number of thioether (sulfide) groups is 1. The number of fused-ring (bicyclic) bond motifs is 1. The SMILES string of the molecule is Cc1ccccc1C1=CSC2C(=O)NC(N3CCCC(C(=O)NC4CCCCCC4)C3)NC12. The van der Waals surface area contributed by atoms with Gasteiger partial charge in [0.05, 0.1) is 12.0 Å². The molecule has 1 aromatic rings. The number of amides is 2. The van der Waals surface area contributed by atoms with Crippen LogP contribution in [0.15, 0.2) is 29.7 Å². The van der Waals surface area contributed by atoms with E-state index < -0.39 is 0 Å². The van der Waals surface area contributed by atoms with E-state index in [4.69, 9.17) is 0 Å². The Morgan fingerprint density at radius 2 is 1.88 bits per heavy atom. The van der Waals surface area contributed by atoms with E-state index in [1.807, 2.05) is 0 Å². The van der Waals surface area contributed by atoms with Gasteiger partial charge in [-0.05, 0) is 54.7 Å². The Balaban J connectivity index is 1.24. The van der Waals surface area contributed by atoms with Crippen molar-refractivity contribution in [2.45, 2.75) is 81.9 Å². The van der Waals surface area contributed by atoms with Crippen LogP contribution in [0, 0.1) is 12.8 Å². The maximum atomic E-state index is 13.1. The summed E-state index contributed by atoms with van der Waals surface area (Å²) in [5, 5.41) is 12.2. The van der Waals surface area contributed by atoms with Crippen molar-refractivity contribution in [3.05, 3.63) is 40.8 Å². The van der Waals surface area contributed by atoms with Crippen molar-refractivity contribution in [1.82, 2.24) is 20.9 Å². The van der Waals surface area contributed by atoms with Gasteiger partial charge in [-0.15, -0.1) is 11.8 Å². The molecule has 6 nitrogen and oxygen atoms in total. The maximum absolute atomic E-state index is 13.1. The third kappa shape index (κ3) is 5.00. The van der Waals surface area contributed by atoms with Crippen molar-refractivity contribution in [1.29, 1.82) is 0 Å². The van der Waals surface area contributed by atoms with Gasteiger partial charge in [0, 0.05) is 19.1 Å². The second kappa shape index (κ2) is 10.2. The first-order valence-electron chi connectivity index (χ1n) is 12.6. The summed E-state index contributed by atoms with van der Waals surface area (Å²) >= 11 is 1.60. The minimum atomic E-state index is -0.238. The Morgan fingerprint density at radius 3 is 2.67 bits per heavy atom. The van der Waals surface area contributed by atoms with Crippen LogP contribution in [-0.2, 0) is 9.59 Å². The summed E-state index contributed by atoms with van der Waals surface area (Å²) in [5.74, 6) is 0.268. The first kappa shape index (κ1) is 22.9. The summed E-state index contributed by atoms with van der Waals surface area (Å²) in [6.45, 7) is 3.69. The predicted molar refractivity (Wildman–Crippen MR) is 133 cm³/mol. The van der Waals surface area contributed by atoms with Crippen molar-refractivity contribution < 1.29 is 9.59 Å². The Morgan fingerprint density at radius 1 is 1.09 bits per heavy atom. The molecule has 1 aromatic carbocycles. The van der Waals surface area contributed by atoms with Crippen molar-refractivity contribution in [2.75, 3.05) is 13.1 Å². The van der Waals surface area contributed by atoms with Gasteiger partial charge >= 0.3 is 0 Å². The number of likely N-dealkylation sites (tertiary alicyclic amines) is 1. The van der Waals surface area contributed by atoms with Crippen LogP contribution in [0.5, 0.6) is 0 Å². The summed E-state index contributed by atoms with van der Waals surface area (Å²) in [4.78, 5) is 28.3. The van der Waals surface area contributed by atoms with E-state index in [9.17, 15) is 9.59 Å². The van der Waals surface area contributed by atoms with Gasteiger partial charge in [0.25, 0.3) is 0 Å². The number of benzene rings is 1. The highest BCUT2D eigenvalue weighted by molar-refractivity contribution is 8.04. The molecule has 0 spiro atoms. The fraction of sp³-hybridized carbons (Fsp3) is 0.615. The molecule has 3 aliphatic heterocycles. The molecule has 178 valence electrons. The van der Waals surface area contributed by atoms with Gasteiger partial charge in [0.1, 0.15) is 11.5 Å². The number of rotatable bonds is 4. The molecule has 7 heteroatoms. The normalized spacial score (nSPS) is 31.3. The standard InChI is InChI=1S/C26H36N4O2S/c1-17-9-6-7-13-20(17)21-16-33-23-22(21)28-26(29-25(23)32)30-14-8-10-18(15-30)24(31)27-19-11-4-2-3-5-12-19/h6-7,9,13,16,18-19,22-23,26,28H,2-5,8,10-12,14-15H2,1H3,(H,27,31)(H,29,32). The minimum absolute atomic E-state index is 0.0113. The lowest BCUT2D eigenvalue weighted by atomic mass is 9.92. The minimum Gasteiger partial charge on any atom is -0.353 e. The zero-order valence-corrected chi connectivity index (χ0v) is 20.3. The zero-order chi connectivity index (χ0) is 22.8. The highest BCUT2D eigenvalue weighted by Gasteiger charge is 2.44. The molecule has 0 aromatic heterocycles. The average molecular weight is 469 g/mol. The lowest BCUT2D eigenvalue weighted by Gasteiger charge is -2.43. The summed E-state index contributed by atoms with van der Waals surface area (Å²) in [5.41, 5.74) is 3.63. The highest BCUT2D eigenvalue weighted by atomic mass is 32.2. The number of hydrogen-bond acceptors (Lipinski definition) is 5. The molecule has 3 N–H and O–H groups in total. The molecule has 0 radical (unpaired) electrons. The molecule has 3 heterocycles. The van der Waals surface area contributed by atoms with E-state index in [0.717, 1.165) is 32.2 Å². The lowest BCUT2D eigenvalue weighted by molar-refractivity contribution is -0.129. The van der Waals surface area contributed by atoms with Crippen LogP contribution >= 0.6 is 11.8 Å². The van der Waals surface area contributed by atoms with Crippen LogP contribution in [0.2, 0.25) is 0 Å². The van der Waals surface area contributed by atoms with Crippen LogP contribution in [0.1, 0.15) is 62.5 Å². The molecule has 4 unspecified atom stereocenters. The Hall–Kier alpha value is -1.83. The van der Waals surface area contributed by atoms with Crippen molar-refractivity contribution in [3.8, 4) is 0 Å². The second-order valence-electron chi connectivity index (χ2n) is 10.0. The van der Waals surface area contributed by atoms with E-state index in [1.165, 1.54) is 42.4 Å². The fourth-order valence-corrected chi connectivity index (χ4v) is 6.94. The quantitative estimate of drug-likeness (QED) is 0.591. The molecule has 2 amide bonds. The van der Waals surface area contributed by atoms with Crippen LogP contribution in [0.3, 0.4) is 0 Å². The van der Waals surface area contributed by atoms with Gasteiger partial charge in [-0.3, -0.25) is 19.8 Å². The van der Waals surface area contributed by atoms with Gasteiger partial charge in [0.15, 0.2) is 0 Å². The number of piperidine rings is 1. The zero-order valence-electron chi connectivity index (χ0n) is 19.5. The fourth-order valence-electron chi connectivity index (χ4n) is 5.80. The van der Waals surface area contributed by atoms with Gasteiger partial charge in [-0.2, -0.15) is 0 Å². The number of aryl methyl sites for hydroxylation is 1. The smallest absolute Gasteiger partial charge is 0.237 e. The van der Waals surface area contributed by atoms with Gasteiger partial charge < -0.3 is 10.6 Å². The molecular weight excluding hydrogens is 432 g/mol. The molecule has 4 atom stereocenters. The van der Waals surface area contributed by atoms with Crippen LogP contribution in [-0.4, -0.2) is 53.4 Å². The number of nitrogens with zero attached hydrogens (tertiary/aromatic N) is 1. The molecule has 5 rings (SSSR count). The van der Waals surface area contributed by atoms with E-state index >= 15 is 0 Å². The van der Waals surface area contributed by atoms with Crippen molar-refractivity contribution in [3.63, 3.8) is 0 Å². The second-order valence-corrected chi connectivity index (χ2v) is 11.0.